The van der Waals surface area contributed by atoms with Gasteiger partial charge in [-0.05, 0) is 43.4 Å². The number of hydrogen-bond acceptors (Lipinski definition) is 3. The van der Waals surface area contributed by atoms with E-state index in [0.717, 1.165) is 24.4 Å². The normalized spacial score (nSPS) is 22.8. The number of benzene rings is 1. The molecule has 98 valence electrons. The molecule has 0 amide bonds. The van der Waals surface area contributed by atoms with E-state index in [1.54, 1.807) is 18.2 Å². The standard InChI is InChI=1S/C14H18ClNO2/c1-9-3-5-11(7-9)16-13-8-10(14(17)18-2)4-6-12(13)15/h4,6,8-9,11,16H,3,5,7H2,1-2H3. The van der Waals surface area contributed by atoms with Crippen molar-refractivity contribution in [1.82, 2.24) is 0 Å². The molecule has 1 saturated carbocycles. The highest BCUT2D eigenvalue weighted by molar-refractivity contribution is 6.33. The predicted octanol–water partition coefficient (Wildman–Crippen LogP) is 3.73. The highest BCUT2D eigenvalue weighted by Gasteiger charge is 2.22. The van der Waals surface area contributed by atoms with Gasteiger partial charge in [0.15, 0.2) is 0 Å². The van der Waals surface area contributed by atoms with E-state index in [4.69, 9.17) is 16.3 Å². The van der Waals surface area contributed by atoms with E-state index in [9.17, 15) is 4.79 Å². The van der Waals surface area contributed by atoms with Crippen molar-refractivity contribution < 1.29 is 9.53 Å². The maximum Gasteiger partial charge on any atom is 0.337 e. The highest BCUT2D eigenvalue weighted by Crippen LogP contribution is 2.30. The van der Waals surface area contributed by atoms with Crippen LogP contribution in [0.4, 0.5) is 5.69 Å². The minimum atomic E-state index is -0.338. The summed E-state index contributed by atoms with van der Waals surface area (Å²) in [6, 6.07) is 5.62. The lowest BCUT2D eigenvalue weighted by Crippen LogP contribution is -2.16. The Labute approximate surface area is 112 Å². The largest absolute Gasteiger partial charge is 0.465 e. The van der Waals surface area contributed by atoms with E-state index in [1.807, 2.05) is 0 Å². The van der Waals surface area contributed by atoms with E-state index in [1.165, 1.54) is 13.5 Å². The summed E-state index contributed by atoms with van der Waals surface area (Å²) in [6.07, 6.45) is 3.55. The first-order valence-electron chi connectivity index (χ1n) is 6.24. The van der Waals surface area contributed by atoms with E-state index < -0.39 is 0 Å². The molecule has 0 saturated heterocycles. The van der Waals surface area contributed by atoms with Crippen LogP contribution < -0.4 is 5.32 Å². The van der Waals surface area contributed by atoms with Gasteiger partial charge < -0.3 is 10.1 Å². The number of hydrogen-bond donors (Lipinski definition) is 1. The van der Waals surface area contributed by atoms with E-state index in [0.29, 0.717) is 16.6 Å². The lowest BCUT2D eigenvalue weighted by atomic mass is 10.1. The molecule has 2 atom stereocenters. The van der Waals surface area contributed by atoms with Crippen LogP contribution in [0.2, 0.25) is 5.02 Å². The molecule has 1 N–H and O–H groups in total. The third-order valence-electron chi connectivity index (χ3n) is 3.44. The molecule has 0 bridgehead atoms. The minimum Gasteiger partial charge on any atom is -0.465 e. The fraction of sp³-hybridized carbons (Fsp3) is 0.500. The molecule has 3 nitrogen and oxygen atoms in total. The molecule has 4 heteroatoms. The lowest BCUT2D eigenvalue weighted by molar-refractivity contribution is 0.0601. The van der Waals surface area contributed by atoms with Crippen molar-refractivity contribution in [3.63, 3.8) is 0 Å². The Balaban J connectivity index is 2.13. The number of anilines is 1. The van der Waals surface area contributed by atoms with Gasteiger partial charge in [-0.25, -0.2) is 4.79 Å². The smallest absolute Gasteiger partial charge is 0.337 e. The van der Waals surface area contributed by atoms with Crippen LogP contribution in [0.25, 0.3) is 0 Å². The van der Waals surface area contributed by atoms with Gasteiger partial charge >= 0.3 is 5.97 Å². The SMILES string of the molecule is COC(=O)c1ccc(Cl)c(NC2CCC(C)C2)c1. The molecule has 1 aromatic carbocycles. The number of ether oxygens (including phenoxy) is 1. The zero-order valence-corrected chi connectivity index (χ0v) is 11.5. The summed E-state index contributed by atoms with van der Waals surface area (Å²) in [5.41, 5.74) is 1.34. The Morgan fingerprint density at radius 1 is 1.44 bits per heavy atom. The Hall–Kier alpha value is -1.22. The second-order valence-electron chi connectivity index (χ2n) is 4.95. The number of carbonyl (C=O) groups excluding carboxylic acids is 1. The molecule has 2 unspecified atom stereocenters. The summed E-state index contributed by atoms with van der Waals surface area (Å²) in [4.78, 5) is 11.5. The van der Waals surface area contributed by atoms with Crippen molar-refractivity contribution in [2.45, 2.75) is 32.2 Å². The number of nitrogens with one attached hydrogen (secondary N) is 1. The van der Waals surface area contributed by atoms with Gasteiger partial charge in [-0.3, -0.25) is 0 Å². The summed E-state index contributed by atoms with van der Waals surface area (Å²) in [6.45, 7) is 2.26. The van der Waals surface area contributed by atoms with Gasteiger partial charge in [0.05, 0.1) is 23.4 Å². The van der Waals surface area contributed by atoms with Gasteiger partial charge in [0.1, 0.15) is 0 Å². The molecule has 1 aromatic rings. The van der Waals surface area contributed by atoms with Crippen molar-refractivity contribution in [3.8, 4) is 0 Å². The van der Waals surface area contributed by atoms with Crippen LogP contribution in [0.1, 0.15) is 36.5 Å². The number of rotatable bonds is 3. The van der Waals surface area contributed by atoms with Gasteiger partial charge in [-0.15, -0.1) is 0 Å². The number of carbonyl (C=O) groups is 1. The van der Waals surface area contributed by atoms with Gasteiger partial charge in [0.25, 0.3) is 0 Å². The first-order valence-corrected chi connectivity index (χ1v) is 6.62. The lowest BCUT2D eigenvalue weighted by Gasteiger charge is -2.16. The zero-order valence-electron chi connectivity index (χ0n) is 10.7. The third kappa shape index (κ3) is 2.96. The average Bonchev–Trinajstić information content (AvgIpc) is 2.76. The van der Waals surface area contributed by atoms with Crippen molar-refractivity contribution >= 4 is 23.3 Å². The molecule has 0 aromatic heterocycles. The van der Waals surface area contributed by atoms with Gasteiger partial charge in [-0.2, -0.15) is 0 Å². The highest BCUT2D eigenvalue weighted by atomic mass is 35.5. The third-order valence-corrected chi connectivity index (χ3v) is 3.77. The molecule has 1 aliphatic rings. The fourth-order valence-electron chi connectivity index (χ4n) is 2.44. The molecule has 18 heavy (non-hydrogen) atoms. The maximum atomic E-state index is 11.5. The molecular formula is C14H18ClNO2. The van der Waals surface area contributed by atoms with Crippen LogP contribution in [0.15, 0.2) is 18.2 Å². The zero-order chi connectivity index (χ0) is 13.1. The Kier molecular flexibility index (Phi) is 4.12. The molecule has 2 rings (SSSR count). The van der Waals surface area contributed by atoms with Crippen LogP contribution in [-0.4, -0.2) is 19.1 Å². The van der Waals surface area contributed by atoms with Crippen LogP contribution in [0.3, 0.4) is 0 Å². The second kappa shape index (κ2) is 5.61. The van der Waals surface area contributed by atoms with Gasteiger partial charge in [-0.1, -0.05) is 18.5 Å². The molecule has 0 heterocycles. The Bertz CT molecular complexity index is 447. The maximum absolute atomic E-state index is 11.5. The van der Waals surface area contributed by atoms with Crippen molar-refractivity contribution in [3.05, 3.63) is 28.8 Å². The molecule has 1 aliphatic carbocycles. The minimum absolute atomic E-state index is 0.338. The van der Waals surface area contributed by atoms with Crippen molar-refractivity contribution in [2.24, 2.45) is 5.92 Å². The average molecular weight is 268 g/mol. The van der Waals surface area contributed by atoms with Gasteiger partial charge in [0, 0.05) is 6.04 Å². The van der Waals surface area contributed by atoms with E-state index in [-0.39, 0.29) is 5.97 Å². The topological polar surface area (TPSA) is 38.3 Å². The number of esters is 1. The summed E-state index contributed by atoms with van der Waals surface area (Å²) in [7, 11) is 1.38. The summed E-state index contributed by atoms with van der Waals surface area (Å²) < 4.78 is 4.71. The monoisotopic (exact) mass is 267 g/mol. The number of methoxy groups -OCH3 is 1. The second-order valence-corrected chi connectivity index (χ2v) is 5.35. The Morgan fingerprint density at radius 2 is 2.22 bits per heavy atom. The summed E-state index contributed by atoms with van der Waals surface area (Å²) in [5.74, 6) is 0.416. The Morgan fingerprint density at radius 3 is 2.83 bits per heavy atom. The molecular weight excluding hydrogens is 250 g/mol. The molecule has 0 aliphatic heterocycles. The van der Waals surface area contributed by atoms with Crippen LogP contribution in [0.5, 0.6) is 0 Å². The first kappa shape index (κ1) is 13.2. The van der Waals surface area contributed by atoms with Crippen LogP contribution >= 0.6 is 11.6 Å². The molecule has 0 spiro atoms. The van der Waals surface area contributed by atoms with Crippen LogP contribution in [-0.2, 0) is 4.74 Å². The van der Waals surface area contributed by atoms with E-state index >= 15 is 0 Å². The van der Waals surface area contributed by atoms with Gasteiger partial charge in [0.2, 0.25) is 0 Å². The molecule has 0 radical (unpaired) electrons. The van der Waals surface area contributed by atoms with Crippen molar-refractivity contribution in [1.29, 1.82) is 0 Å². The van der Waals surface area contributed by atoms with E-state index in [2.05, 4.69) is 12.2 Å². The quantitative estimate of drug-likeness (QED) is 0.848. The van der Waals surface area contributed by atoms with Crippen molar-refractivity contribution in [2.75, 3.05) is 12.4 Å². The molecule has 1 fully saturated rings. The first-order chi connectivity index (χ1) is 8.60. The fourth-order valence-corrected chi connectivity index (χ4v) is 2.61. The predicted molar refractivity (Wildman–Crippen MR) is 73.2 cm³/mol. The summed E-state index contributed by atoms with van der Waals surface area (Å²) >= 11 is 6.14. The summed E-state index contributed by atoms with van der Waals surface area (Å²) in [5, 5.41) is 4.06. The number of halogens is 1. The van der Waals surface area contributed by atoms with Crippen LogP contribution in [0, 0.1) is 5.92 Å².